The van der Waals surface area contributed by atoms with E-state index in [1.54, 1.807) is 25.9 Å². The molecule has 19 heavy (non-hydrogen) atoms. The molecule has 0 spiro atoms. The van der Waals surface area contributed by atoms with Gasteiger partial charge in [0.15, 0.2) is 0 Å². The molecule has 7 heteroatoms. The van der Waals surface area contributed by atoms with E-state index in [1.165, 1.54) is 21.5 Å². The van der Waals surface area contributed by atoms with Crippen molar-refractivity contribution in [3.8, 4) is 0 Å². The predicted molar refractivity (Wildman–Crippen MR) is 82.8 cm³/mol. The summed E-state index contributed by atoms with van der Waals surface area (Å²) >= 11 is 1.66. The monoisotopic (exact) mass is 309 g/mol. The summed E-state index contributed by atoms with van der Waals surface area (Å²) in [5.41, 5.74) is 0. The van der Waals surface area contributed by atoms with Crippen LogP contribution in [0.3, 0.4) is 0 Å². The van der Waals surface area contributed by atoms with Gasteiger partial charge in [0.1, 0.15) is 0 Å². The van der Waals surface area contributed by atoms with Gasteiger partial charge in [-0.25, -0.2) is 0 Å². The van der Waals surface area contributed by atoms with Crippen molar-refractivity contribution in [1.29, 1.82) is 0 Å². The summed E-state index contributed by atoms with van der Waals surface area (Å²) in [5.74, 6) is 0.812. The lowest BCUT2D eigenvalue weighted by atomic mass is 10.4. The van der Waals surface area contributed by atoms with E-state index >= 15 is 0 Å². The summed E-state index contributed by atoms with van der Waals surface area (Å²) in [7, 11) is 0.00340. The van der Waals surface area contributed by atoms with E-state index in [2.05, 4.69) is 5.32 Å². The van der Waals surface area contributed by atoms with Crippen molar-refractivity contribution in [1.82, 2.24) is 13.9 Å². The Hall–Kier alpha value is 0.180. The number of nitrogens with one attached hydrogen (secondary N) is 1. The fourth-order valence-electron chi connectivity index (χ4n) is 1.80. The van der Waals surface area contributed by atoms with Gasteiger partial charge in [0.25, 0.3) is 10.2 Å². The molecule has 0 heterocycles. The fourth-order valence-corrected chi connectivity index (χ4v) is 3.93. The molecule has 114 valence electrons. The highest BCUT2D eigenvalue weighted by Gasteiger charge is 2.27. The molecule has 1 aliphatic carbocycles. The number of hydrogen-bond acceptors (Lipinski definition) is 4. The minimum absolute atomic E-state index is 0.0204. The Labute approximate surface area is 122 Å². The highest BCUT2D eigenvalue weighted by atomic mass is 32.2. The molecule has 1 unspecified atom stereocenters. The zero-order chi connectivity index (χ0) is 14.5. The van der Waals surface area contributed by atoms with Crippen LogP contribution in [0.4, 0.5) is 0 Å². The SMILES string of the molecule is CSCC(C)N(C)S(=O)(=O)N(C)CCCNC1CC1. The van der Waals surface area contributed by atoms with Crippen LogP contribution < -0.4 is 5.32 Å². The lowest BCUT2D eigenvalue weighted by molar-refractivity contribution is 0.357. The van der Waals surface area contributed by atoms with Gasteiger partial charge in [-0.15, -0.1) is 0 Å². The molecule has 0 aliphatic heterocycles. The van der Waals surface area contributed by atoms with Crippen molar-refractivity contribution in [3.63, 3.8) is 0 Å². The maximum atomic E-state index is 12.3. The second-order valence-corrected chi connectivity index (χ2v) is 8.24. The molecule has 0 radical (unpaired) electrons. The lowest BCUT2D eigenvalue weighted by Gasteiger charge is -2.28. The van der Waals surface area contributed by atoms with E-state index in [1.807, 2.05) is 13.2 Å². The maximum Gasteiger partial charge on any atom is 0.281 e. The molecule has 0 aromatic carbocycles. The van der Waals surface area contributed by atoms with Gasteiger partial charge in [-0.2, -0.15) is 28.8 Å². The summed E-state index contributed by atoms with van der Waals surface area (Å²) in [6.07, 6.45) is 5.38. The van der Waals surface area contributed by atoms with Gasteiger partial charge in [0.2, 0.25) is 0 Å². The third-order valence-corrected chi connectivity index (χ3v) is 6.32. The Bertz CT molecular complexity index is 358. The number of rotatable bonds is 10. The molecule has 0 aromatic rings. The van der Waals surface area contributed by atoms with Gasteiger partial charge < -0.3 is 5.32 Å². The minimum Gasteiger partial charge on any atom is -0.314 e. The van der Waals surface area contributed by atoms with Crippen molar-refractivity contribution >= 4 is 22.0 Å². The largest absolute Gasteiger partial charge is 0.314 e. The van der Waals surface area contributed by atoms with Crippen LogP contribution in [-0.4, -0.2) is 68.3 Å². The molecule has 0 saturated heterocycles. The topological polar surface area (TPSA) is 52.7 Å². The zero-order valence-electron chi connectivity index (χ0n) is 12.4. The van der Waals surface area contributed by atoms with Crippen LogP contribution in [0.25, 0.3) is 0 Å². The van der Waals surface area contributed by atoms with Crippen LogP contribution in [0.1, 0.15) is 26.2 Å². The second-order valence-electron chi connectivity index (χ2n) is 5.23. The van der Waals surface area contributed by atoms with Gasteiger partial charge >= 0.3 is 0 Å². The highest BCUT2D eigenvalue weighted by Crippen LogP contribution is 2.18. The normalized spacial score (nSPS) is 18.2. The Morgan fingerprint density at radius 1 is 1.37 bits per heavy atom. The van der Waals surface area contributed by atoms with E-state index in [0.717, 1.165) is 18.7 Å². The number of hydrogen-bond donors (Lipinski definition) is 1. The highest BCUT2D eigenvalue weighted by molar-refractivity contribution is 7.98. The van der Waals surface area contributed by atoms with Gasteiger partial charge in [-0.1, -0.05) is 0 Å². The Morgan fingerprint density at radius 3 is 2.53 bits per heavy atom. The van der Waals surface area contributed by atoms with Gasteiger partial charge in [-0.05, 0) is 39.0 Å². The molecule has 0 amide bonds. The van der Waals surface area contributed by atoms with E-state index < -0.39 is 10.2 Å². The first-order chi connectivity index (χ1) is 8.89. The third-order valence-electron chi connectivity index (χ3n) is 3.45. The minimum atomic E-state index is -3.32. The maximum absolute atomic E-state index is 12.3. The molecular weight excluding hydrogens is 282 g/mol. The van der Waals surface area contributed by atoms with Crippen molar-refractivity contribution < 1.29 is 8.42 Å². The Balaban J connectivity index is 2.35. The number of nitrogens with zero attached hydrogens (tertiary/aromatic N) is 2. The quantitative estimate of drug-likeness (QED) is 0.612. The van der Waals surface area contributed by atoms with Crippen LogP contribution in [-0.2, 0) is 10.2 Å². The summed E-state index contributed by atoms with van der Waals surface area (Å²) in [5, 5.41) is 3.40. The van der Waals surface area contributed by atoms with Crippen molar-refractivity contribution in [2.45, 2.75) is 38.3 Å². The van der Waals surface area contributed by atoms with Crippen molar-refractivity contribution in [2.24, 2.45) is 0 Å². The average Bonchev–Trinajstić information content (AvgIpc) is 3.17. The lowest BCUT2D eigenvalue weighted by Crippen LogP contribution is -2.45. The molecule has 5 nitrogen and oxygen atoms in total. The molecular formula is C12H27N3O2S2. The average molecular weight is 310 g/mol. The van der Waals surface area contributed by atoms with Crippen LogP contribution in [0.2, 0.25) is 0 Å². The molecule has 1 aliphatic rings. The van der Waals surface area contributed by atoms with Crippen molar-refractivity contribution in [2.75, 3.05) is 39.2 Å². The molecule has 0 bridgehead atoms. The van der Waals surface area contributed by atoms with Crippen molar-refractivity contribution in [3.05, 3.63) is 0 Å². The first-order valence-corrected chi connectivity index (χ1v) is 9.60. The summed E-state index contributed by atoms with van der Waals surface area (Å²) < 4.78 is 27.5. The van der Waals surface area contributed by atoms with E-state index in [4.69, 9.17) is 0 Å². The predicted octanol–water partition coefficient (Wildman–Crippen LogP) is 0.988. The third kappa shape index (κ3) is 5.59. The molecule has 1 N–H and O–H groups in total. The van der Waals surface area contributed by atoms with Crippen LogP contribution >= 0.6 is 11.8 Å². The summed E-state index contributed by atoms with van der Waals surface area (Å²) in [4.78, 5) is 0. The second kappa shape index (κ2) is 7.83. The fraction of sp³-hybridized carbons (Fsp3) is 1.00. The molecule has 0 aromatic heterocycles. The number of thioether (sulfide) groups is 1. The summed E-state index contributed by atoms with van der Waals surface area (Å²) in [6.45, 7) is 3.41. The van der Waals surface area contributed by atoms with E-state index in [0.29, 0.717) is 12.6 Å². The van der Waals surface area contributed by atoms with E-state index in [9.17, 15) is 8.42 Å². The van der Waals surface area contributed by atoms with Crippen LogP contribution in [0, 0.1) is 0 Å². The first-order valence-electron chi connectivity index (χ1n) is 6.81. The van der Waals surface area contributed by atoms with Crippen LogP contribution in [0.15, 0.2) is 0 Å². The zero-order valence-corrected chi connectivity index (χ0v) is 14.1. The van der Waals surface area contributed by atoms with Crippen LogP contribution in [0.5, 0.6) is 0 Å². The van der Waals surface area contributed by atoms with Gasteiger partial charge in [-0.3, -0.25) is 0 Å². The molecule has 1 saturated carbocycles. The standard InChI is InChI=1S/C12H27N3O2S2/c1-11(10-18-4)15(3)19(16,17)14(2)9-5-8-13-12-6-7-12/h11-13H,5-10H2,1-4H3. The Kier molecular flexibility index (Phi) is 7.10. The van der Waals surface area contributed by atoms with E-state index in [-0.39, 0.29) is 6.04 Å². The molecule has 1 fully saturated rings. The molecule has 1 atom stereocenters. The summed E-state index contributed by atoms with van der Waals surface area (Å²) in [6, 6.07) is 0.707. The van der Waals surface area contributed by atoms with Gasteiger partial charge in [0, 0.05) is 38.5 Å². The first kappa shape index (κ1) is 17.2. The van der Waals surface area contributed by atoms with Gasteiger partial charge in [0.05, 0.1) is 0 Å². The molecule has 1 rings (SSSR count). The Morgan fingerprint density at radius 2 is 2.00 bits per heavy atom. The smallest absolute Gasteiger partial charge is 0.281 e.